The van der Waals surface area contributed by atoms with Gasteiger partial charge in [0, 0.05) is 11.3 Å². The van der Waals surface area contributed by atoms with Gasteiger partial charge >= 0.3 is 0 Å². The third kappa shape index (κ3) is 4.40. The van der Waals surface area contributed by atoms with Gasteiger partial charge in [0.05, 0.1) is 16.6 Å². The number of aliphatic imine (C=N–C) groups is 1. The molecule has 2 heterocycles. The van der Waals surface area contributed by atoms with Gasteiger partial charge in [0.15, 0.2) is 11.5 Å². The van der Waals surface area contributed by atoms with Gasteiger partial charge < -0.3 is 0 Å². The van der Waals surface area contributed by atoms with Crippen LogP contribution in [0.2, 0.25) is 0 Å². The maximum absolute atomic E-state index is 13.3. The van der Waals surface area contributed by atoms with E-state index < -0.39 is 5.82 Å². The van der Waals surface area contributed by atoms with Crippen molar-refractivity contribution in [3.05, 3.63) is 62.3 Å². The van der Waals surface area contributed by atoms with Crippen molar-refractivity contribution in [1.29, 1.82) is 0 Å². The second kappa shape index (κ2) is 8.30. The first-order valence-corrected chi connectivity index (χ1v) is 9.04. The maximum Gasteiger partial charge on any atom is 0.182 e. The lowest BCUT2D eigenvalue weighted by Crippen LogP contribution is -2.23. The molecule has 0 atom stereocenters. The van der Waals surface area contributed by atoms with Crippen LogP contribution in [-0.4, -0.2) is 27.1 Å². The fourth-order valence-electron chi connectivity index (χ4n) is 2.17. The van der Waals surface area contributed by atoms with E-state index in [0.29, 0.717) is 5.69 Å². The number of benzene rings is 1. The number of hydrogen-bond acceptors (Lipinski definition) is 7. The minimum Gasteiger partial charge on any atom is -0.299 e. The SMILES string of the molecule is O=C(Cc1cccs1)Cc1nonc1C(=Nc1ccc(F)c(Br)c1)NO. The summed E-state index contributed by atoms with van der Waals surface area (Å²) in [6.07, 6.45) is 0.248. The fraction of sp³-hybridized carbons (Fsp3) is 0.125. The number of hydrogen-bond donors (Lipinski definition) is 2. The predicted molar refractivity (Wildman–Crippen MR) is 96.3 cm³/mol. The van der Waals surface area contributed by atoms with Gasteiger partial charge in [0.2, 0.25) is 0 Å². The number of nitrogens with zero attached hydrogens (tertiary/aromatic N) is 3. The summed E-state index contributed by atoms with van der Waals surface area (Å²) in [5, 5.41) is 18.7. The third-order valence-corrected chi connectivity index (χ3v) is 4.83. The molecule has 10 heteroatoms. The molecule has 2 aromatic heterocycles. The fourth-order valence-corrected chi connectivity index (χ4v) is 3.27. The monoisotopic (exact) mass is 438 g/mol. The van der Waals surface area contributed by atoms with Crippen LogP contribution < -0.4 is 5.48 Å². The number of aromatic nitrogens is 2. The van der Waals surface area contributed by atoms with Crippen LogP contribution in [0.4, 0.5) is 10.1 Å². The quantitative estimate of drug-likeness (QED) is 0.347. The number of thiophene rings is 1. The van der Waals surface area contributed by atoms with Gasteiger partial charge in [-0.2, -0.15) is 0 Å². The zero-order valence-electron chi connectivity index (χ0n) is 13.1. The molecule has 1 aromatic carbocycles. The molecule has 0 aliphatic rings. The summed E-state index contributed by atoms with van der Waals surface area (Å²) < 4.78 is 18.2. The molecule has 0 amide bonds. The van der Waals surface area contributed by atoms with E-state index in [1.807, 2.05) is 23.0 Å². The zero-order valence-corrected chi connectivity index (χ0v) is 15.6. The number of halogens is 2. The van der Waals surface area contributed by atoms with Crippen LogP contribution >= 0.6 is 27.3 Å². The van der Waals surface area contributed by atoms with Gasteiger partial charge in [-0.3, -0.25) is 15.5 Å². The van der Waals surface area contributed by atoms with Gasteiger partial charge in [-0.05, 0) is 50.7 Å². The van der Waals surface area contributed by atoms with E-state index in [4.69, 9.17) is 4.63 Å². The van der Waals surface area contributed by atoms with Crippen molar-refractivity contribution in [2.75, 3.05) is 0 Å². The highest BCUT2D eigenvalue weighted by molar-refractivity contribution is 9.10. The van der Waals surface area contributed by atoms with Gasteiger partial charge in [-0.15, -0.1) is 11.3 Å². The normalized spacial score (nSPS) is 11.6. The first-order valence-electron chi connectivity index (χ1n) is 7.36. The van der Waals surface area contributed by atoms with Crippen LogP contribution in [0.25, 0.3) is 0 Å². The van der Waals surface area contributed by atoms with Crippen LogP contribution in [0.15, 0.2) is 49.8 Å². The summed E-state index contributed by atoms with van der Waals surface area (Å²) in [4.78, 5) is 17.3. The van der Waals surface area contributed by atoms with Crippen molar-refractivity contribution >= 4 is 44.6 Å². The van der Waals surface area contributed by atoms with E-state index in [1.54, 1.807) is 0 Å². The van der Waals surface area contributed by atoms with Crippen molar-refractivity contribution in [3.8, 4) is 0 Å². The van der Waals surface area contributed by atoms with E-state index in [0.717, 1.165) is 4.88 Å². The molecule has 0 saturated carbocycles. The molecule has 7 nitrogen and oxygen atoms in total. The van der Waals surface area contributed by atoms with E-state index in [2.05, 4.69) is 31.2 Å². The Bertz CT molecular complexity index is 943. The summed E-state index contributed by atoms with van der Waals surface area (Å²) in [6, 6.07) is 7.83. The van der Waals surface area contributed by atoms with E-state index in [1.165, 1.54) is 29.5 Å². The van der Waals surface area contributed by atoms with Crippen molar-refractivity contribution in [2.45, 2.75) is 12.8 Å². The molecule has 0 bridgehead atoms. The molecule has 0 fully saturated rings. The highest BCUT2D eigenvalue weighted by atomic mass is 79.9. The van der Waals surface area contributed by atoms with Gasteiger partial charge in [-0.25, -0.2) is 14.0 Å². The average molecular weight is 439 g/mol. The summed E-state index contributed by atoms with van der Waals surface area (Å²) in [5.74, 6) is -0.583. The summed E-state index contributed by atoms with van der Waals surface area (Å²) in [7, 11) is 0. The molecule has 26 heavy (non-hydrogen) atoms. The smallest absolute Gasteiger partial charge is 0.182 e. The molecule has 3 rings (SSSR count). The van der Waals surface area contributed by atoms with E-state index >= 15 is 0 Å². The standard InChI is InChI=1S/C16H12BrFN4O3S/c17-12-6-9(3-4-13(12)18)19-16(20-24)15-14(21-25-22-15)8-10(23)7-11-2-1-5-26-11/h1-6,24H,7-8H2,(H,19,20). The second-order valence-electron chi connectivity index (χ2n) is 5.20. The van der Waals surface area contributed by atoms with E-state index in [9.17, 15) is 14.4 Å². The molecule has 0 aliphatic carbocycles. The maximum atomic E-state index is 13.3. The minimum atomic E-state index is -0.439. The molecule has 0 aliphatic heterocycles. The number of amidine groups is 1. The second-order valence-corrected chi connectivity index (χ2v) is 7.09. The number of hydroxylamine groups is 1. The Kier molecular flexibility index (Phi) is 5.86. The third-order valence-electron chi connectivity index (χ3n) is 3.35. The van der Waals surface area contributed by atoms with E-state index in [-0.39, 0.29) is 40.3 Å². The summed E-state index contributed by atoms with van der Waals surface area (Å²) in [6.45, 7) is 0. The average Bonchev–Trinajstić information content (AvgIpc) is 3.28. The van der Waals surface area contributed by atoms with Crippen molar-refractivity contribution in [1.82, 2.24) is 15.8 Å². The topological polar surface area (TPSA) is 101 Å². The van der Waals surface area contributed by atoms with Crippen molar-refractivity contribution in [3.63, 3.8) is 0 Å². The number of ketones is 1. The molecule has 134 valence electrons. The van der Waals surface area contributed by atoms with Gasteiger partial charge in [-0.1, -0.05) is 11.2 Å². The predicted octanol–water partition coefficient (Wildman–Crippen LogP) is 3.44. The highest BCUT2D eigenvalue weighted by Gasteiger charge is 2.19. The summed E-state index contributed by atoms with van der Waals surface area (Å²) in [5.41, 5.74) is 2.62. The molecule has 3 aromatic rings. The molecule has 0 spiro atoms. The Balaban J connectivity index is 1.81. The van der Waals surface area contributed by atoms with Crippen LogP contribution in [-0.2, 0) is 17.6 Å². The minimum absolute atomic E-state index is 0.0233. The number of nitrogens with one attached hydrogen (secondary N) is 1. The first kappa shape index (κ1) is 18.4. The largest absolute Gasteiger partial charge is 0.299 e. The van der Waals surface area contributed by atoms with Crippen LogP contribution in [0, 0.1) is 5.82 Å². The molecular weight excluding hydrogens is 427 g/mol. The van der Waals surface area contributed by atoms with Gasteiger partial charge in [0.1, 0.15) is 17.3 Å². The number of carbonyl (C=O) groups is 1. The molecule has 0 radical (unpaired) electrons. The summed E-state index contributed by atoms with van der Waals surface area (Å²) >= 11 is 4.56. The van der Waals surface area contributed by atoms with Crippen LogP contribution in [0.5, 0.6) is 0 Å². The Morgan fingerprint density at radius 2 is 2.19 bits per heavy atom. The molecular formula is C16H12BrFN4O3S. The Hall–Kier alpha value is -2.43. The number of rotatable bonds is 6. The van der Waals surface area contributed by atoms with Gasteiger partial charge in [0.25, 0.3) is 0 Å². The van der Waals surface area contributed by atoms with Crippen LogP contribution in [0.3, 0.4) is 0 Å². The zero-order chi connectivity index (χ0) is 18.5. The molecule has 0 unspecified atom stereocenters. The highest BCUT2D eigenvalue weighted by Crippen LogP contribution is 2.23. The van der Waals surface area contributed by atoms with Crippen molar-refractivity contribution < 1.29 is 19.0 Å². The number of carbonyl (C=O) groups excluding carboxylic acids is 1. The first-order chi connectivity index (χ1) is 12.6. The Labute approximate surface area is 159 Å². The van der Waals surface area contributed by atoms with Crippen molar-refractivity contribution in [2.24, 2.45) is 4.99 Å². The molecule has 2 N–H and O–H groups in total. The molecule has 0 saturated heterocycles. The number of Topliss-reactive ketones (excluding diaryl/α,β-unsaturated/α-hetero) is 1. The Morgan fingerprint density at radius 3 is 2.88 bits per heavy atom. The van der Waals surface area contributed by atoms with Crippen LogP contribution in [0.1, 0.15) is 16.3 Å². The lowest BCUT2D eigenvalue weighted by Gasteiger charge is -2.04. The Morgan fingerprint density at radius 1 is 1.35 bits per heavy atom. The lowest BCUT2D eigenvalue weighted by molar-refractivity contribution is -0.117. The lowest BCUT2D eigenvalue weighted by atomic mass is 10.1.